The molecule has 1 aliphatic heterocycles. The van der Waals surface area contributed by atoms with Crippen molar-refractivity contribution >= 4 is 11.8 Å². The summed E-state index contributed by atoms with van der Waals surface area (Å²) in [6.07, 6.45) is 4.93. The number of esters is 1. The minimum atomic E-state index is -0.509. The van der Waals surface area contributed by atoms with E-state index in [9.17, 15) is 9.59 Å². The number of rotatable bonds is 10. The number of carbonyl (C=O) groups excluding carboxylic acids is 2. The van der Waals surface area contributed by atoms with Crippen LogP contribution >= 0.6 is 0 Å². The molecule has 1 atom stereocenters. The second kappa shape index (κ2) is 11.9. The minimum absolute atomic E-state index is 0.0703. The van der Waals surface area contributed by atoms with Crippen molar-refractivity contribution in [2.75, 3.05) is 13.7 Å². The van der Waals surface area contributed by atoms with Crippen LogP contribution in [0.2, 0.25) is 0 Å². The number of dihydropyridines is 1. The quantitative estimate of drug-likeness (QED) is 0.327. The number of hydrogen-bond acceptors (Lipinski definition) is 6. The number of Topliss-reactive ketones (excluding diaryl/α,β-unsaturated/α-hetero) is 1. The van der Waals surface area contributed by atoms with Gasteiger partial charge in [0, 0.05) is 29.3 Å². The van der Waals surface area contributed by atoms with Crippen LogP contribution in [0.4, 0.5) is 0 Å². The Balaban J connectivity index is 1.67. The van der Waals surface area contributed by atoms with Gasteiger partial charge in [-0.2, -0.15) is 0 Å². The Morgan fingerprint density at radius 1 is 1.06 bits per heavy atom. The van der Waals surface area contributed by atoms with Crippen molar-refractivity contribution in [1.29, 1.82) is 0 Å². The fourth-order valence-corrected chi connectivity index (χ4v) is 4.90. The van der Waals surface area contributed by atoms with Crippen molar-refractivity contribution in [2.24, 2.45) is 0 Å². The fraction of sp³-hybridized carbons (Fsp3) is 0.400. The highest BCUT2D eigenvalue weighted by molar-refractivity contribution is 6.03. The third-order valence-electron chi connectivity index (χ3n) is 6.74. The summed E-state index contributed by atoms with van der Waals surface area (Å²) in [5.41, 5.74) is 4.64. The van der Waals surface area contributed by atoms with Gasteiger partial charge in [0.05, 0.1) is 19.3 Å². The summed E-state index contributed by atoms with van der Waals surface area (Å²) >= 11 is 0. The second-order valence-corrected chi connectivity index (χ2v) is 9.29. The molecule has 0 fully saturated rings. The maximum absolute atomic E-state index is 13.3. The van der Waals surface area contributed by atoms with Crippen LogP contribution in [0.25, 0.3) is 0 Å². The van der Waals surface area contributed by atoms with Crippen LogP contribution in [0.15, 0.2) is 71.1 Å². The molecule has 0 aromatic heterocycles. The van der Waals surface area contributed by atoms with E-state index in [1.807, 2.05) is 55.5 Å². The first kappa shape index (κ1) is 25.5. The van der Waals surface area contributed by atoms with Gasteiger partial charge < -0.3 is 19.5 Å². The van der Waals surface area contributed by atoms with Crippen molar-refractivity contribution in [3.63, 3.8) is 0 Å². The van der Waals surface area contributed by atoms with Gasteiger partial charge in [-0.1, -0.05) is 56.2 Å². The summed E-state index contributed by atoms with van der Waals surface area (Å²) in [6.45, 7) is 4.77. The third-order valence-corrected chi connectivity index (χ3v) is 6.74. The van der Waals surface area contributed by atoms with Crippen LogP contribution in [-0.2, 0) is 20.9 Å². The standard InChI is InChI=1S/C30H35NO5/c1-4-5-9-17-35-30(33)27-20(2)31-23-13-10-14-24(32)29(23)28(27)22-15-16-25(26(18-22)34-3)36-19-21-11-7-6-8-12-21/h6-8,11-12,15-16,18,28,31H,4-5,9-10,13-14,17,19H2,1-3H3/t28-/m0/s1. The summed E-state index contributed by atoms with van der Waals surface area (Å²) in [6, 6.07) is 15.6. The van der Waals surface area contributed by atoms with Crippen molar-refractivity contribution in [3.8, 4) is 11.5 Å². The summed E-state index contributed by atoms with van der Waals surface area (Å²) in [4.78, 5) is 26.4. The largest absolute Gasteiger partial charge is 0.493 e. The fourth-order valence-electron chi connectivity index (χ4n) is 4.90. The molecule has 0 saturated heterocycles. The van der Waals surface area contributed by atoms with Gasteiger partial charge in [-0.15, -0.1) is 0 Å². The molecular formula is C30H35NO5. The van der Waals surface area contributed by atoms with Crippen molar-refractivity contribution in [2.45, 2.75) is 64.9 Å². The molecule has 1 heterocycles. The van der Waals surface area contributed by atoms with Crippen molar-refractivity contribution in [1.82, 2.24) is 5.32 Å². The number of carbonyl (C=O) groups is 2. The monoisotopic (exact) mass is 489 g/mol. The number of unbranched alkanes of at least 4 members (excludes halogenated alkanes) is 2. The lowest BCUT2D eigenvalue weighted by Gasteiger charge is -2.34. The Labute approximate surface area is 213 Å². The average Bonchev–Trinajstić information content (AvgIpc) is 2.89. The highest BCUT2D eigenvalue weighted by atomic mass is 16.5. The molecule has 2 aromatic carbocycles. The summed E-state index contributed by atoms with van der Waals surface area (Å²) in [5, 5.41) is 3.34. The number of benzene rings is 2. The smallest absolute Gasteiger partial charge is 0.336 e. The van der Waals surface area contributed by atoms with Gasteiger partial charge in [-0.25, -0.2) is 4.79 Å². The van der Waals surface area contributed by atoms with Crippen molar-refractivity contribution < 1.29 is 23.8 Å². The zero-order valence-electron chi connectivity index (χ0n) is 21.4. The Kier molecular flexibility index (Phi) is 8.47. The molecule has 2 aromatic rings. The van der Waals surface area contributed by atoms with Gasteiger partial charge in [-0.05, 0) is 49.4 Å². The molecule has 0 unspecified atom stereocenters. The van der Waals surface area contributed by atoms with E-state index in [-0.39, 0.29) is 11.8 Å². The van der Waals surface area contributed by atoms with Gasteiger partial charge in [0.1, 0.15) is 6.61 Å². The van der Waals surface area contributed by atoms with Crippen LogP contribution in [0.1, 0.15) is 69.4 Å². The first-order chi connectivity index (χ1) is 17.5. The summed E-state index contributed by atoms with van der Waals surface area (Å²) < 4.78 is 17.4. The molecule has 0 saturated carbocycles. The average molecular weight is 490 g/mol. The highest BCUT2D eigenvalue weighted by Crippen LogP contribution is 2.44. The maximum atomic E-state index is 13.3. The molecule has 6 heteroatoms. The van der Waals surface area contributed by atoms with Gasteiger partial charge in [-0.3, -0.25) is 4.79 Å². The van der Waals surface area contributed by atoms with E-state index in [2.05, 4.69) is 12.2 Å². The molecule has 0 spiro atoms. The lowest BCUT2D eigenvalue weighted by molar-refractivity contribution is -0.139. The molecule has 36 heavy (non-hydrogen) atoms. The number of nitrogens with one attached hydrogen (secondary N) is 1. The lowest BCUT2D eigenvalue weighted by atomic mass is 9.75. The number of ether oxygens (including phenoxy) is 3. The number of allylic oxidation sites excluding steroid dienone is 3. The van der Waals surface area contributed by atoms with E-state index >= 15 is 0 Å². The first-order valence-electron chi connectivity index (χ1n) is 12.8. The third kappa shape index (κ3) is 5.64. The van der Waals surface area contributed by atoms with Crippen LogP contribution in [0.3, 0.4) is 0 Å². The molecule has 1 aliphatic carbocycles. The normalized spacial score (nSPS) is 17.4. The van der Waals surface area contributed by atoms with Gasteiger partial charge in [0.25, 0.3) is 0 Å². The topological polar surface area (TPSA) is 73.9 Å². The van der Waals surface area contributed by atoms with E-state index in [1.165, 1.54) is 0 Å². The predicted octanol–water partition coefficient (Wildman–Crippen LogP) is 5.98. The maximum Gasteiger partial charge on any atom is 0.336 e. The number of ketones is 1. The Bertz CT molecular complexity index is 1170. The van der Waals surface area contributed by atoms with Gasteiger partial charge in [0.15, 0.2) is 17.3 Å². The molecule has 0 bridgehead atoms. The van der Waals surface area contributed by atoms with E-state index in [4.69, 9.17) is 14.2 Å². The molecule has 190 valence electrons. The zero-order valence-corrected chi connectivity index (χ0v) is 21.4. The predicted molar refractivity (Wildman–Crippen MR) is 139 cm³/mol. The van der Waals surface area contributed by atoms with E-state index in [0.29, 0.717) is 42.3 Å². The second-order valence-electron chi connectivity index (χ2n) is 9.29. The van der Waals surface area contributed by atoms with Crippen molar-refractivity contribution in [3.05, 3.63) is 82.2 Å². The molecule has 4 rings (SSSR count). The molecule has 1 N–H and O–H groups in total. The number of methoxy groups -OCH3 is 1. The molecule has 0 amide bonds. The van der Waals surface area contributed by atoms with E-state index in [1.54, 1.807) is 7.11 Å². The Hall–Kier alpha value is -3.54. The molecule has 0 radical (unpaired) electrons. The minimum Gasteiger partial charge on any atom is -0.493 e. The summed E-state index contributed by atoms with van der Waals surface area (Å²) in [5.74, 6) is 0.341. The first-order valence-corrected chi connectivity index (χ1v) is 12.8. The molecule has 2 aliphatic rings. The van der Waals surface area contributed by atoms with Crippen LogP contribution in [0.5, 0.6) is 11.5 Å². The Morgan fingerprint density at radius 2 is 1.86 bits per heavy atom. The zero-order chi connectivity index (χ0) is 25.5. The SMILES string of the molecule is CCCCCOC(=O)C1=C(C)NC2=C(C(=O)CCC2)[C@H]1c1ccc(OCc2ccccc2)c(OC)c1. The summed E-state index contributed by atoms with van der Waals surface area (Å²) in [7, 11) is 1.59. The molecular weight excluding hydrogens is 454 g/mol. The molecule has 6 nitrogen and oxygen atoms in total. The van der Waals surface area contributed by atoms with E-state index < -0.39 is 5.92 Å². The van der Waals surface area contributed by atoms with Gasteiger partial charge >= 0.3 is 5.97 Å². The van der Waals surface area contributed by atoms with E-state index in [0.717, 1.165) is 54.6 Å². The van der Waals surface area contributed by atoms with Crippen LogP contribution in [-0.4, -0.2) is 25.5 Å². The van der Waals surface area contributed by atoms with Gasteiger partial charge in [0.2, 0.25) is 0 Å². The van der Waals surface area contributed by atoms with Crippen LogP contribution in [0, 0.1) is 0 Å². The highest BCUT2D eigenvalue weighted by Gasteiger charge is 2.39. The number of hydrogen-bond donors (Lipinski definition) is 1. The lowest BCUT2D eigenvalue weighted by Crippen LogP contribution is -2.34. The van der Waals surface area contributed by atoms with Crippen LogP contribution < -0.4 is 14.8 Å². The Morgan fingerprint density at radius 3 is 2.61 bits per heavy atom.